The fourth-order valence-corrected chi connectivity index (χ4v) is 5.87. The smallest absolute Gasteiger partial charge is 0.328 e. The molecule has 1 atom stereocenters. The lowest BCUT2D eigenvalue weighted by atomic mass is 9.76. The number of carboxylic acid groups (broad SMARTS) is 1. The highest BCUT2D eigenvalue weighted by Gasteiger charge is 2.47. The van der Waals surface area contributed by atoms with Gasteiger partial charge in [0.05, 0.1) is 11.3 Å². The maximum atomic E-state index is 13.7. The Hall–Kier alpha value is -4.56. The standard InChI is InChI=1S/C33H32FN3O4/c1-21-19-23(13-17-28(21)34)30(39)27-16-18-29(38)37(31(27)35)26-14-11-22(12-15-26)20-36-33(32(40)41,25-9-5-6-10-25)24-7-3-2-4-8-24/h2-4,7-8,11-19,25,36H,5-6,9-10,20,35H2,1H3,(H,40,41)/t33-/m1/s1. The minimum atomic E-state index is -1.22. The van der Waals surface area contributed by atoms with E-state index in [1.165, 1.54) is 34.9 Å². The lowest BCUT2D eigenvalue weighted by molar-refractivity contribution is -0.148. The molecule has 0 unspecified atom stereocenters. The number of hydrogen-bond donors (Lipinski definition) is 3. The van der Waals surface area contributed by atoms with Gasteiger partial charge in [0, 0.05) is 18.2 Å². The minimum Gasteiger partial charge on any atom is -0.480 e. The Kier molecular flexibility index (Phi) is 7.85. The summed E-state index contributed by atoms with van der Waals surface area (Å²) in [6.07, 6.45) is 3.67. The van der Waals surface area contributed by atoms with Gasteiger partial charge in [-0.15, -0.1) is 0 Å². The number of rotatable bonds is 9. The molecule has 1 aromatic heterocycles. The van der Waals surface area contributed by atoms with Crippen LogP contribution in [0.5, 0.6) is 0 Å². The second-order valence-electron chi connectivity index (χ2n) is 10.6. The van der Waals surface area contributed by atoms with Crippen LogP contribution in [0.4, 0.5) is 10.2 Å². The number of hydrogen-bond acceptors (Lipinski definition) is 5. The van der Waals surface area contributed by atoms with Crippen LogP contribution in [0.15, 0.2) is 89.7 Å². The van der Waals surface area contributed by atoms with Crippen LogP contribution in [-0.4, -0.2) is 21.4 Å². The van der Waals surface area contributed by atoms with E-state index in [2.05, 4.69) is 5.32 Å². The Morgan fingerprint density at radius 3 is 2.32 bits per heavy atom. The zero-order valence-corrected chi connectivity index (χ0v) is 22.8. The Labute approximate surface area is 237 Å². The van der Waals surface area contributed by atoms with Crippen LogP contribution in [0.25, 0.3) is 5.69 Å². The maximum Gasteiger partial charge on any atom is 0.328 e. The number of halogens is 1. The normalized spacial score (nSPS) is 15.0. The van der Waals surface area contributed by atoms with E-state index >= 15 is 0 Å². The highest BCUT2D eigenvalue weighted by Crippen LogP contribution is 2.41. The van der Waals surface area contributed by atoms with Crippen LogP contribution in [0, 0.1) is 18.7 Å². The number of benzene rings is 3. The summed E-state index contributed by atoms with van der Waals surface area (Å²) in [5, 5.41) is 13.9. The number of aryl methyl sites for hydroxylation is 1. The number of aliphatic carboxylic acids is 1. The lowest BCUT2D eigenvalue weighted by Gasteiger charge is -2.37. The van der Waals surface area contributed by atoms with Gasteiger partial charge in [-0.2, -0.15) is 0 Å². The molecule has 3 aromatic carbocycles. The van der Waals surface area contributed by atoms with E-state index in [-0.39, 0.29) is 22.9 Å². The van der Waals surface area contributed by atoms with Crippen molar-refractivity contribution in [3.05, 3.63) is 129 Å². The molecule has 8 heteroatoms. The summed E-state index contributed by atoms with van der Waals surface area (Å²) in [5.74, 6) is -1.79. The van der Waals surface area contributed by atoms with Crippen LogP contribution in [-0.2, 0) is 16.9 Å². The van der Waals surface area contributed by atoms with Crippen LogP contribution in [0.2, 0.25) is 0 Å². The van der Waals surface area contributed by atoms with Crippen molar-refractivity contribution in [1.82, 2.24) is 9.88 Å². The van der Waals surface area contributed by atoms with E-state index in [4.69, 9.17) is 5.73 Å². The molecule has 41 heavy (non-hydrogen) atoms. The number of anilines is 1. The topological polar surface area (TPSA) is 114 Å². The fourth-order valence-electron chi connectivity index (χ4n) is 5.87. The van der Waals surface area contributed by atoms with Gasteiger partial charge in [0.1, 0.15) is 17.2 Å². The van der Waals surface area contributed by atoms with Gasteiger partial charge in [0.2, 0.25) is 0 Å². The Bertz CT molecular complexity index is 1640. The predicted molar refractivity (Wildman–Crippen MR) is 156 cm³/mol. The Balaban J connectivity index is 1.42. The third-order valence-corrected chi connectivity index (χ3v) is 8.09. The number of ketones is 1. The van der Waals surface area contributed by atoms with Crippen LogP contribution >= 0.6 is 0 Å². The van der Waals surface area contributed by atoms with Crippen molar-refractivity contribution >= 4 is 17.6 Å². The maximum absolute atomic E-state index is 13.7. The zero-order valence-electron chi connectivity index (χ0n) is 22.8. The molecule has 0 aliphatic heterocycles. The number of nitrogen functional groups attached to an aromatic ring is 1. The predicted octanol–water partition coefficient (Wildman–Crippen LogP) is 5.36. The number of pyridine rings is 1. The average Bonchev–Trinajstić information content (AvgIpc) is 3.51. The molecule has 5 rings (SSSR count). The molecule has 7 nitrogen and oxygen atoms in total. The van der Waals surface area contributed by atoms with Crippen molar-refractivity contribution in [1.29, 1.82) is 0 Å². The van der Waals surface area contributed by atoms with E-state index in [0.717, 1.165) is 36.8 Å². The number of carboxylic acids is 1. The van der Waals surface area contributed by atoms with Crippen LogP contribution in [0.3, 0.4) is 0 Å². The van der Waals surface area contributed by atoms with Crippen molar-refractivity contribution in [2.45, 2.75) is 44.7 Å². The van der Waals surface area contributed by atoms with E-state index in [1.807, 2.05) is 30.3 Å². The molecule has 1 aliphatic carbocycles. The highest BCUT2D eigenvalue weighted by atomic mass is 19.1. The summed E-state index contributed by atoms with van der Waals surface area (Å²) in [5.41, 5.74) is 7.46. The molecule has 1 heterocycles. The summed E-state index contributed by atoms with van der Waals surface area (Å²) < 4.78 is 15.0. The van der Waals surface area contributed by atoms with Crippen molar-refractivity contribution < 1.29 is 19.1 Å². The SMILES string of the molecule is Cc1cc(C(=O)c2ccc(=O)n(-c3ccc(CN[C@](C(=O)O)(c4ccccc4)C4CCCC4)cc3)c2N)ccc1F. The molecule has 1 fully saturated rings. The molecule has 210 valence electrons. The van der Waals surface area contributed by atoms with Gasteiger partial charge in [-0.05, 0) is 78.8 Å². The van der Waals surface area contributed by atoms with Crippen molar-refractivity contribution in [3.8, 4) is 5.69 Å². The highest BCUT2D eigenvalue weighted by molar-refractivity contribution is 6.11. The van der Waals surface area contributed by atoms with Gasteiger partial charge in [0.25, 0.3) is 5.56 Å². The summed E-state index contributed by atoms with van der Waals surface area (Å²) in [6.45, 7) is 1.87. The first-order chi connectivity index (χ1) is 19.7. The average molecular weight is 554 g/mol. The number of nitrogens with two attached hydrogens (primary N) is 1. The second-order valence-corrected chi connectivity index (χ2v) is 10.6. The molecule has 0 bridgehead atoms. The molecule has 0 amide bonds. The number of carbonyl (C=O) groups is 2. The molecule has 0 spiro atoms. The van der Waals surface area contributed by atoms with E-state index < -0.39 is 28.7 Å². The second kappa shape index (κ2) is 11.5. The molecule has 0 radical (unpaired) electrons. The van der Waals surface area contributed by atoms with Gasteiger partial charge in [-0.25, -0.2) is 9.18 Å². The van der Waals surface area contributed by atoms with Crippen molar-refractivity contribution in [2.75, 3.05) is 5.73 Å². The number of carbonyl (C=O) groups excluding carboxylic acids is 1. The molecule has 1 saturated carbocycles. The first kappa shape index (κ1) is 28.0. The molecule has 4 aromatic rings. The van der Waals surface area contributed by atoms with Gasteiger partial charge >= 0.3 is 5.97 Å². The Morgan fingerprint density at radius 2 is 1.68 bits per heavy atom. The summed E-state index contributed by atoms with van der Waals surface area (Å²) in [6, 6.07) is 23.1. The summed E-state index contributed by atoms with van der Waals surface area (Å²) in [7, 11) is 0. The molecule has 4 N–H and O–H groups in total. The molecular weight excluding hydrogens is 521 g/mol. The molecular formula is C33H32FN3O4. The first-order valence-corrected chi connectivity index (χ1v) is 13.7. The van der Waals surface area contributed by atoms with Crippen LogP contribution < -0.4 is 16.6 Å². The summed E-state index contributed by atoms with van der Waals surface area (Å²) >= 11 is 0. The number of nitrogens with one attached hydrogen (secondary N) is 1. The van der Waals surface area contributed by atoms with Gasteiger partial charge in [0.15, 0.2) is 5.78 Å². The summed E-state index contributed by atoms with van der Waals surface area (Å²) in [4.78, 5) is 38.8. The molecule has 0 saturated heterocycles. The number of aromatic nitrogens is 1. The lowest BCUT2D eigenvalue weighted by Crippen LogP contribution is -2.53. The van der Waals surface area contributed by atoms with Crippen LogP contribution in [0.1, 0.15) is 58.3 Å². The minimum absolute atomic E-state index is 0.0226. The van der Waals surface area contributed by atoms with Gasteiger partial charge in [-0.3, -0.25) is 19.5 Å². The monoisotopic (exact) mass is 553 g/mol. The van der Waals surface area contributed by atoms with E-state index in [0.29, 0.717) is 17.8 Å². The first-order valence-electron chi connectivity index (χ1n) is 13.7. The van der Waals surface area contributed by atoms with Crippen molar-refractivity contribution in [3.63, 3.8) is 0 Å². The zero-order chi connectivity index (χ0) is 29.1. The van der Waals surface area contributed by atoms with E-state index in [1.54, 1.807) is 31.2 Å². The largest absolute Gasteiger partial charge is 0.480 e. The number of nitrogens with zero attached hydrogens (tertiary/aromatic N) is 1. The fraction of sp³-hybridized carbons (Fsp3) is 0.242. The Morgan fingerprint density at radius 1 is 1.00 bits per heavy atom. The van der Waals surface area contributed by atoms with Crippen molar-refractivity contribution in [2.24, 2.45) is 5.92 Å². The quantitative estimate of drug-likeness (QED) is 0.241. The van der Waals surface area contributed by atoms with E-state index in [9.17, 15) is 23.9 Å². The molecule has 1 aliphatic rings. The van der Waals surface area contributed by atoms with Gasteiger partial charge < -0.3 is 10.8 Å². The third kappa shape index (κ3) is 5.30. The third-order valence-electron chi connectivity index (χ3n) is 8.09. The van der Waals surface area contributed by atoms with Gasteiger partial charge in [-0.1, -0.05) is 55.3 Å².